The summed E-state index contributed by atoms with van der Waals surface area (Å²) in [6.45, 7) is 4.73. The van der Waals surface area contributed by atoms with Crippen molar-refractivity contribution in [1.82, 2.24) is 4.98 Å². The number of aromatic nitrogens is 1. The maximum atomic E-state index is 12.2. The zero-order valence-electron chi connectivity index (χ0n) is 15.6. The quantitative estimate of drug-likeness (QED) is 0.656. The van der Waals surface area contributed by atoms with Crippen LogP contribution in [-0.2, 0) is 24.8 Å². The molecular weight excluding hydrogens is 404 g/mol. The number of aromatic amines is 1. The summed E-state index contributed by atoms with van der Waals surface area (Å²) in [5.41, 5.74) is 11.1. The second-order valence-corrected chi connectivity index (χ2v) is 8.44. The van der Waals surface area contributed by atoms with Crippen molar-refractivity contribution in [3.8, 4) is 5.75 Å². The lowest BCUT2D eigenvalue weighted by Crippen LogP contribution is -2.35. The van der Waals surface area contributed by atoms with Crippen molar-refractivity contribution in [3.63, 3.8) is 0 Å². The van der Waals surface area contributed by atoms with Gasteiger partial charge in [-0.3, -0.25) is 4.79 Å². The SMILES string of the molecule is CCc1cc2ccc(C(C)(N)Cc3cc(Br)cc4c3OCC4)cc2[nH]c1=O. The molecular formula is C22H23BrN2O2. The second kappa shape index (κ2) is 6.80. The molecule has 0 aliphatic carbocycles. The van der Waals surface area contributed by atoms with Gasteiger partial charge in [-0.05, 0) is 66.1 Å². The first-order chi connectivity index (χ1) is 12.9. The molecule has 2 aromatic carbocycles. The predicted molar refractivity (Wildman–Crippen MR) is 113 cm³/mol. The van der Waals surface area contributed by atoms with Gasteiger partial charge in [-0.15, -0.1) is 0 Å². The van der Waals surface area contributed by atoms with Crippen molar-refractivity contribution < 1.29 is 4.74 Å². The normalized spacial score (nSPS) is 15.4. The first-order valence-corrected chi connectivity index (χ1v) is 10.1. The van der Waals surface area contributed by atoms with Crippen LogP contribution in [0.4, 0.5) is 0 Å². The van der Waals surface area contributed by atoms with Crippen LogP contribution < -0.4 is 16.0 Å². The lowest BCUT2D eigenvalue weighted by molar-refractivity contribution is 0.349. The van der Waals surface area contributed by atoms with Crippen LogP contribution in [0.3, 0.4) is 0 Å². The van der Waals surface area contributed by atoms with Gasteiger partial charge in [-0.2, -0.15) is 0 Å². The maximum absolute atomic E-state index is 12.2. The van der Waals surface area contributed by atoms with Crippen molar-refractivity contribution in [1.29, 1.82) is 0 Å². The molecule has 1 atom stereocenters. The Bertz CT molecular complexity index is 1090. The maximum Gasteiger partial charge on any atom is 0.251 e. The van der Waals surface area contributed by atoms with Gasteiger partial charge in [0.25, 0.3) is 5.56 Å². The molecule has 0 saturated carbocycles. The summed E-state index contributed by atoms with van der Waals surface area (Å²) in [6.07, 6.45) is 2.30. The summed E-state index contributed by atoms with van der Waals surface area (Å²) < 4.78 is 6.90. The van der Waals surface area contributed by atoms with E-state index in [1.54, 1.807) is 0 Å². The van der Waals surface area contributed by atoms with E-state index in [9.17, 15) is 4.79 Å². The van der Waals surface area contributed by atoms with E-state index in [0.717, 1.165) is 57.3 Å². The monoisotopic (exact) mass is 426 g/mol. The number of rotatable bonds is 4. The van der Waals surface area contributed by atoms with Gasteiger partial charge in [-0.1, -0.05) is 35.0 Å². The summed E-state index contributed by atoms with van der Waals surface area (Å²) in [6, 6.07) is 12.2. The Morgan fingerprint density at radius 1 is 1.22 bits per heavy atom. The van der Waals surface area contributed by atoms with Crippen LogP contribution in [0.25, 0.3) is 10.9 Å². The number of ether oxygens (including phenoxy) is 1. The van der Waals surface area contributed by atoms with Crippen LogP contribution in [0.2, 0.25) is 0 Å². The number of fused-ring (bicyclic) bond motifs is 2. The van der Waals surface area contributed by atoms with Crippen LogP contribution in [0, 0.1) is 0 Å². The highest BCUT2D eigenvalue weighted by Gasteiger charge is 2.27. The van der Waals surface area contributed by atoms with Crippen molar-refractivity contribution >= 4 is 26.8 Å². The minimum Gasteiger partial charge on any atom is -0.493 e. The molecule has 3 aromatic rings. The van der Waals surface area contributed by atoms with E-state index in [4.69, 9.17) is 10.5 Å². The Hall–Kier alpha value is -2.11. The molecule has 0 radical (unpaired) electrons. The molecule has 0 spiro atoms. The van der Waals surface area contributed by atoms with Gasteiger partial charge in [0, 0.05) is 27.5 Å². The Kier molecular flexibility index (Phi) is 4.60. The summed E-state index contributed by atoms with van der Waals surface area (Å²) in [7, 11) is 0. The van der Waals surface area contributed by atoms with E-state index < -0.39 is 5.54 Å². The second-order valence-electron chi connectivity index (χ2n) is 7.53. The van der Waals surface area contributed by atoms with Crippen molar-refractivity contribution in [3.05, 3.63) is 73.5 Å². The molecule has 4 rings (SSSR count). The zero-order chi connectivity index (χ0) is 19.2. The third-order valence-electron chi connectivity index (χ3n) is 5.35. The topological polar surface area (TPSA) is 68.1 Å². The number of pyridine rings is 1. The Morgan fingerprint density at radius 3 is 2.81 bits per heavy atom. The number of benzene rings is 2. The summed E-state index contributed by atoms with van der Waals surface area (Å²) >= 11 is 3.60. The summed E-state index contributed by atoms with van der Waals surface area (Å²) in [5, 5.41) is 1.03. The van der Waals surface area contributed by atoms with Crippen LogP contribution >= 0.6 is 15.9 Å². The molecule has 4 nitrogen and oxygen atoms in total. The molecule has 0 amide bonds. The van der Waals surface area contributed by atoms with Crippen molar-refractivity contribution in [2.24, 2.45) is 5.73 Å². The van der Waals surface area contributed by atoms with Gasteiger partial charge in [-0.25, -0.2) is 0 Å². The fourth-order valence-electron chi connectivity index (χ4n) is 3.84. The van der Waals surface area contributed by atoms with Crippen LogP contribution in [0.15, 0.2) is 45.7 Å². The first kappa shape index (κ1) is 18.3. The standard InChI is InChI=1S/C22H23BrN2O2/c1-3-13-8-14-4-5-17(11-19(14)25-21(13)26)22(2,24)12-16-10-18(23)9-15-6-7-27-20(15)16/h4-5,8-11H,3,6-7,12,24H2,1-2H3,(H,25,26). The smallest absolute Gasteiger partial charge is 0.251 e. The van der Waals surface area contributed by atoms with Crippen LogP contribution in [-0.4, -0.2) is 11.6 Å². The lowest BCUT2D eigenvalue weighted by atomic mass is 9.85. The van der Waals surface area contributed by atoms with E-state index >= 15 is 0 Å². The minimum absolute atomic E-state index is 0.0286. The number of nitrogens with one attached hydrogen (secondary N) is 1. The molecule has 5 heteroatoms. The number of H-pyrrole nitrogens is 1. The van der Waals surface area contributed by atoms with Crippen molar-refractivity contribution in [2.45, 2.75) is 38.6 Å². The van der Waals surface area contributed by atoms with Gasteiger partial charge >= 0.3 is 0 Å². The molecule has 1 aliphatic rings. The van der Waals surface area contributed by atoms with Gasteiger partial charge < -0.3 is 15.5 Å². The highest BCUT2D eigenvalue weighted by molar-refractivity contribution is 9.10. The highest BCUT2D eigenvalue weighted by atomic mass is 79.9. The van der Waals surface area contributed by atoms with Gasteiger partial charge in [0.2, 0.25) is 0 Å². The zero-order valence-corrected chi connectivity index (χ0v) is 17.2. The predicted octanol–water partition coefficient (Wildman–Crippen LogP) is 4.20. The molecule has 1 aromatic heterocycles. The molecule has 0 saturated heterocycles. The number of hydrogen-bond acceptors (Lipinski definition) is 3. The summed E-state index contributed by atoms with van der Waals surface area (Å²) in [4.78, 5) is 15.2. The van der Waals surface area contributed by atoms with E-state index in [-0.39, 0.29) is 5.56 Å². The number of hydrogen-bond donors (Lipinski definition) is 2. The summed E-state index contributed by atoms with van der Waals surface area (Å²) in [5.74, 6) is 0.969. The molecule has 1 aliphatic heterocycles. The van der Waals surface area contributed by atoms with E-state index in [1.807, 2.05) is 32.0 Å². The van der Waals surface area contributed by atoms with E-state index in [0.29, 0.717) is 6.42 Å². The average Bonchev–Trinajstić information content (AvgIpc) is 3.08. The molecule has 1 unspecified atom stereocenters. The lowest BCUT2D eigenvalue weighted by Gasteiger charge is -2.27. The number of halogens is 1. The third-order valence-corrected chi connectivity index (χ3v) is 5.80. The molecule has 2 heterocycles. The Balaban J connectivity index is 1.73. The van der Waals surface area contributed by atoms with Crippen molar-refractivity contribution in [2.75, 3.05) is 6.61 Å². The van der Waals surface area contributed by atoms with E-state index in [1.165, 1.54) is 5.56 Å². The van der Waals surface area contributed by atoms with E-state index in [2.05, 4.69) is 39.1 Å². The average molecular weight is 427 g/mol. The van der Waals surface area contributed by atoms with Gasteiger partial charge in [0.05, 0.1) is 6.61 Å². The molecule has 140 valence electrons. The number of aryl methyl sites for hydroxylation is 1. The fraction of sp³-hybridized carbons (Fsp3) is 0.318. The van der Waals surface area contributed by atoms with Crippen LogP contribution in [0.1, 0.15) is 36.1 Å². The fourth-order valence-corrected chi connectivity index (χ4v) is 4.39. The first-order valence-electron chi connectivity index (χ1n) is 9.27. The molecule has 27 heavy (non-hydrogen) atoms. The molecule has 3 N–H and O–H groups in total. The Labute approximate surface area is 166 Å². The number of nitrogens with two attached hydrogens (primary N) is 1. The third kappa shape index (κ3) is 3.42. The molecule has 0 fully saturated rings. The highest BCUT2D eigenvalue weighted by Crippen LogP contribution is 2.36. The molecule has 0 bridgehead atoms. The van der Waals surface area contributed by atoms with Crippen LogP contribution in [0.5, 0.6) is 5.75 Å². The Morgan fingerprint density at radius 2 is 2.04 bits per heavy atom. The largest absolute Gasteiger partial charge is 0.493 e. The van der Waals surface area contributed by atoms with Gasteiger partial charge in [0.15, 0.2) is 0 Å². The minimum atomic E-state index is -0.588. The van der Waals surface area contributed by atoms with Gasteiger partial charge in [0.1, 0.15) is 5.75 Å².